The molecule has 2 aromatic rings. The first-order valence-electron chi connectivity index (χ1n) is 5.50. The molecule has 0 atom stereocenters. The molecule has 2 rings (SSSR count). The predicted octanol–water partition coefficient (Wildman–Crippen LogP) is 0.935. The van der Waals surface area contributed by atoms with Gasteiger partial charge in [0, 0.05) is 37.6 Å². The highest BCUT2D eigenvalue weighted by Gasteiger charge is 1.97. The Morgan fingerprint density at radius 1 is 1.53 bits per heavy atom. The van der Waals surface area contributed by atoms with Crippen molar-refractivity contribution in [3.8, 4) is 0 Å². The van der Waals surface area contributed by atoms with Gasteiger partial charge in [-0.3, -0.25) is 4.57 Å². The van der Waals surface area contributed by atoms with Crippen LogP contribution in [-0.4, -0.2) is 16.1 Å². The number of hydrogen-bond acceptors (Lipinski definition) is 4. The van der Waals surface area contributed by atoms with Crippen molar-refractivity contribution < 1.29 is 4.42 Å². The molecule has 0 saturated heterocycles. The molecule has 0 unspecified atom stereocenters. The molecule has 2 heterocycles. The van der Waals surface area contributed by atoms with E-state index >= 15 is 0 Å². The van der Waals surface area contributed by atoms with E-state index in [0.29, 0.717) is 6.54 Å². The van der Waals surface area contributed by atoms with E-state index in [0.717, 1.165) is 24.2 Å². The monoisotopic (exact) mass is 233 g/mol. The van der Waals surface area contributed by atoms with Gasteiger partial charge in [-0.15, -0.1) is 0 Å². The third-order valence-corrected chi connectivity index (χ3v) is 2.42. The van der Waals surface area contributed by atoms with Gasteiger partial charge in [0.15, 0.2) is 0 Å². The Balaban J connectivity index is 1.82. The van der Waals surface area contributed by atoms with E-state index in [9.17, 15) is 4.79 Å². The van der Waals surface area contributed by atoms with Crippen LogP contribution in [0.3, 0.4) is 0 Å². The van der Waals surface area contributed by atoms with Gasteiger partial charge in [0.25, 0.3) is 0 Å². The molecule has 5 heteroatoms. The van der Waals surface area contributed by atoms with Crippen LogP contribution >= 0.6 is 0 Å². The Hall–Kier alpha value is -1.88. The van der Waals surface area contributed by atoms with Gasteiger partial charge in [-0.25, -0.2) is 9.78 Å². The maximum absolute atomic E-state index is 11.4. The van der Waals surface area contributed by atoms with Crippen molar-refractivity contribution in [2.75, 3.05) is 6.54 Å². The minimum absolute atomic E-state index is 0.208. The molecule has 0 saturated carbocycles. The summed E-state index contributed by atoms with van der Waals surface area (Å²) in [5.41, 5.74) is 1.87. The van der Waals surface area contributed by atoms with Crippen molar-refractivity contribution in [1.29, 1.82) is 0 Å². The normalized spacial score (nSPS) is 10.6. The molecule has 90 valence electrons. The van der Waals surface area contributed by atoms with E-state index in [1.165, 1.54) is 0 Å². The van der Waals surface area contributed by atoms with Gasteiger partial charge in [-0.05, 0) is 18.6 Å². The fourth-order valence-corrected chi connectivity index (χ4v) is 1.55. The Labute approximate surface area is 99.1 Å². The molecule has 0 spiro atoms. The number of rotatable bonds is 5. The van der Waals surface area contributed by atoms with Crippen molar-refractivity contribution >= 4 is 0 Å². The van der Waals surface area contributed by atoms with Gasteiger partial charge in [0.1, 0.15) is 0 Å². The van der Waals surface area contributed by atoms with Crippen LogP contribution in [-0.2, 0) is 13.1 Å². The van der Waals surface area contributed by atoms with E-state index in [-0.39, 0.29) is 5.69 Å². The summed E-state index contributed by atoms with van der Waals surface area (Å²) in [4.78, 5) is 15.2. The molecule has 0 aromatic carbocycles. The SMILES string of the molecule is Cc1cnc(=O)n(CCNCc2ccoc2)c1. The number of furan rings is 1. The largest absolute Gasteiger partial charge is 0.472 e. The number of hydrogen-bond donors (Lipinski definition) is 1. The minimum atomic E-state index is -0.208. The van der Waals surface area contributed by atoms with Gasteiger partial charge in [0.05, 0.1) is 12.5 Å². The molecular formula is C12H15N3O2. The van der Waals surface area contributed by atoms with E-state index in [4.69, 9.17) is 4.42 Å². The van der Waals surface area contributed by atoms with E-state index in [1.54, 1.807) is 23.3 Å². The first kappa shape index (κ1) is 11.6. The maximum atomic E-state index is 11.4. The van der Waals surface area contributed by atoms with Crippen molar-refractivity contribution in [3.05, 3.63) is 52.6 Å². The smallest absolute Gasteiger partial charge is 0.347 e. The maximum Gasteiger partial charge on any atom is 0.347 e. The third kappa shape index (κ3) is 3.29. The lowest BCUT2D eigenvalue weighted by molar-refractivity contribution is 0.551. The molecule has 0 aliphatic rings. The summed E-state index contributed by atoms with van der Waals surface area (Å²) in [6.45, 7) is 3.99. The topological polar surface area (TPSA) is 60.1 Å². The molecule has 5 nitrogen and oxygen atoms in total. The van der Waals surface area contributed by atoms with Crippen LogP contribution in [0.4, 0.5) is 0 Å². The second-order valence-electron chi connectivity index (χ2n) is 3.92. The Morgan fingerprint density at radius 2 is 2.41 bits per heavy atom. The van der Waals surface area contributed by atoms with Crippen molar-refractivity contribution in [2.24, 2.45) is 0 Å². The highest BCUT2D eigenvalue weighted by molar-refractivity contribution is 5.04. The van der Waals surface area contributed by atoms with E-state index in [1.807, 2.05) is 19.2 Å². The van der Waals surface area contributed by atoms with Gasteiger partial charge >= 0.3 is 5.69 Å². The van der Waals surface area contributed by atoms with Crippen LogP contribution in [0.25, 0.3) is 0 Å². The number of nitrogens with one attached hydrogen (secondary N) is 1. The van der Waals surface area contributed by atoms with Crippen LogP contribution in [0.5, 0.6) is 0 Å². The lowest BCUT2D eigenvalue weighted by Crippen LogP contribution is -2.28. The molecule has 0 bridgehead atoms. The molecular weight excluding hydrogens is 218 g/mol. The van der Waals surface area contributed by atoms with Crippen molar-refractivity contribution in [1.82, 2.24) is 14.9 Å². The number of aromatic nitrogens is 2. The summed E-state index contributed by atoms with van der Waals surface area (Å²) in [6.07, 6.45) is 6.74. The third-order valence-electron chi connectivity index (χ3n) is 2.42. The summed E-state index contributed by atoms with van der Waals surface area (Å²) in [7, 11) is 0. The van der Waals surface area contributed by atoms with Crippen molar-refractivity contribution in [2.45, 2.75) is 20.0 Å². The van der Waals surface area contributed by atoms with Crippen LogP contribution in [0, 0.1) is 6.92 Å². The quantitative estimate of drug-likeness (QED) is 0.781. The first-order valence-corrected chi connectivity index (χ1v) is 5.50. The summed E-state index contributed by atoms with van der Waals surface area (Å²) >= 11 is 0. The molecule has 0 amide bonds. The molecule has 17 heavy (non-hydrogen) atoms. The average molecular weight is 233 g/mol. The van der Waals surface area contributed by atoms with Gasteiger partial charge in [-0.1, -0.05) is 0 Å². The highest BCUT2D eigenvalue weighted by Crippen LogP contribution is 1.98. The van der Waals surface area contributed by atoms with Gasteiger partial charge < -0.3 is 9.73 Å². The summed E-state index contributed by atoms with van der Waals surface area (Å²) < 4.78 is 6.57. The highest BCUT2D eigenvalue weighted by atomic mass is 16.3. The van der Waals surface area contributed by atoms with Crippen LogP contribution < -0.4 is 11.0 Å². The predicted molar refractivity (Wildman–Crippen MR) is 63.6 cm³/mol. The fraction of sp³-hybridized carbons (Fsp3) is 0.333. The Kier molecular flexibility index (Phi) is 3.72. The van der Waals surface area contributed by atoms with E-state index in [2.05, 4.69) is 10.3 Å². The summed E-state index contributed by atoms with van der Waals surface area (Å²) in [6, 6.07) is 1.91. The van der Waals surface area contributed by atoms with Crippen molar-refractivity contribution in [3.63, 3.8) is 0 Å². The minimum Gasteiger partial charge on any atom is -0.472 e. The average Bonchev–Trinajstić information content (AvgIpc) is 2.82. The van der Waals surface area contributed by atoms with E-state index < -0.39 is 0 Å². The summed E-state index contributed by atoms with van der Waals surface area (Å²) in [5, 5.41) is 3.24. The van der Waals surface area contributed by atoms with Crippen LogP contribution in [0.2, 0.25) is 0 Å². The zero-order chi connectivity index (χ0) is 12.1. The summed E-state index contributed by atoms with van der Waals surface area (Å²) in [5.74, 6) is 0. The Bertz CT molecular complexity index is 517. The zero-order valence-corrected chi connectivity index (χ0v) is 9.72. The molecule has 0 aliphatic heterocycles. The fourth-order valence-electron chi connectivity index (χ4n) is 1.55. The molecule has 2 aromatic heterocycles. The first-order chi connectivity index (χ1) is 8.25. The number of aryl methyl sites for hydroxylation is 1. The number of nitrogens with zero attached hydrogens (tertiary/aromatic N) is 2. The standard InChI is InChI=1S/C12H15N3O2/c1-10-6-14-12(16)15(8-10)4-3-13-7-11-2-5-17-9-11/h2,5-6,8-9,13H,3-4,7H2,1H3. The van der Waals surface area contributed by atoms with Gasteiger partial charge in [-0.2, -0.15) is 0 Å². The zero-order valence-electron chi connectivity index (χ0n) is 9.72. The Morgan fingerprint density at radius 3 is 3.18 bits per heavy atom. The molecule has 0 aliphatic carbocycles. The lowest BCUT2D eigenvalue weighted by Gasteiger charge is -2.06. The van der Waals surface area contributed by atoms with Crippen LogP contribution in [0.15, 0.2) is 40.2 Å². The molecule has 0 fully saturated rings. The second kappa shape index (κ2) is 5.45. The lowest BCUT2D eigenvalue weighted by atomic mass is 10.3. The van der Waals surface area contributed by atoms with Crippen LogP contribution in [0.1, 0.15) is 11.1 Å². The molecule has 0 radical (unpaired) electrons. The van der Waals surface area contributed by atoms with Gasteiger partial charge in [0.2, 0.25) is 0 Å². The molecule has 1 N–H and O–H groups in total. The second-order valence-corrected chi connectivity index (χ2v) is 3.92.